The summed E-state index contributed by atoms with van der Waals surface area (Å²) in [6.45, 7) is 2.55. The number of rotatable bonds is 6. The van der Waals surface area contributed by atoms with Gasteiger partial charge >= 0.3 is 6.09 Å². The van der Waals surface area contributed by atoms with Crippen LogP contribution in [0.5, 0.6) is 0 Å². The molecule has 2 aliphatic rings. The molecule has 0 aromatic carbocycles. The molecule has 2 fully saturated rings. The highest BCUT2D eigenvalue weighted by Crippen LogP contribution is 2.23. The lowest BCUT2D eigenvalue weighted by Gasteiger charge is -2.28. The maximum absolute atomic E-state index is 12.2. The lowest BCUT2D eigenvalue weighted by atomic mass is 9.89. The number of hydrogen-bond donors (Lipinski definition) is 1. The zero-order valence-electron chi connectivity index (χ0n) is 14.3. The van der Waals surface area contributed by atoms with Gasteiger partial charge in [0.25, 0.3) is 0 Å². The molecule has 1 heterocycles. The smallest absolute Gasteiger partial charge is 0.410 e. The molecule has 138 valence electrons. The van der Waals surface area contributed by atoms with E-state index >= 15 is 0 Å². The highest BCUT2D eigenvalue weighted by molar-refractivity contribution is 7.91. The molecule has 1 aliphatic heterocycles. The third-order valence-electron chi connectivity index (χ3n) is 4.78. The average molecular weight is 360 g/mol. The molecular weight excluding hydrogens is 332 g/mol. The first kappa shape index (κ1) is 19.0. The first-order chi connectivity index (χ1) is 11.4. The zero-order valence-corrected chi connectivity index (χ0v) is 15.1. The Kier molecular flexibility index (Phi) is 6.89. The van der Waals surface area contributed by atoms with Crippen molar-refractivity contribution in [1.82, 2.24) is 10.2 Å². The average Bonchev–Trinajstić information content (AvgIpc) is 2.92. The third kappa shape index (κ3) is 5.36. The maximum Gasteiger partial charge on any atom is 0.410 e. The molecule has 1 saturated carbocycles. The highest BCUT2D eigenvalue weighted by Gasteiger charge is 2.35. The van der Waals surface area contributed by atoms with E-state index in [1.165, 1.54) is 11.3 Å². The highest BCUT2D eigenvalue weighted by atomic mass is 32.2. The van der Waals surface area contributed by atoms with Gasteiger partial charge in [0.2, 0.25) is 5.91 Å². The van der Waals surface area contributed by atoms with Crippen LogP contribution in [0.2, 0.25) is 0 Å². The van der Waals surface area contributed by atoms with Gasteiger partial charge in [0.05, 0.1) is 24.2 Å². The minimum atomic E-state index is -3.08. The topological polar surface area (TPSA) is 92.8 Å². The Bertz CT molecular complexity index is 543. The molecule has 1 N–H and O–H groups in total. The quantitative estimate of drug-likeness (QED) is 0.771. The molecule has 2 amide bonds. The summed E-state index contributed by atoms with van der Waals surface area (Å²) in [5.41, 5.74) is 0. The second-order valence-electron chi connectivity index (χ2n) is 6.58. The van der Waals surface area contributed by atoms with E-state index < -0.39 is 15.9 Å². The third-order valence-corrected chi connectivity index (χ3v) is 6.53. The molecule has 0 aromatic heterocycles. The lowest BCUT2D eigenvalue weighted by Crippen LogP contribution is -2.46. The molecule has 0 radical (unpaired) electrons. The van der Waals surface area contributed by atoms with Gasteiger partial charge in [-0.05, 0) is 26.2 Å². The van der Waals surface area contributed by atoms with Crippen molar-refractivity contribution < 1.29 is 22.7 Å². The lowest BCUT2D eigenvalue weighted by molar-refractivity contribution is -0.126. The number of hydrogen-bond acceptors (Lipinski definition) is 5. The van der Waals surface area contributed by atoms with Gasteiger partial charge in [0.1, 0.15) is 0 Å². The number of amides is 2. The predicted octanol–water partition coefficient (Wildman–Crippen LogP) is 1.33. The molecule has 24 heavy (non-hydrogen) atoms. The summed E-state index contributed by atoms with van der Waals surface area (Å²) in [5.74, 6) is 0.184. The summed E-state index contributed by atoms with van der Waals surface area (Å²) in [5, 5.41) is 2.89. The van der Waals surface area contributed by atoms with Crippen LogP contribution >= 0.6 is 0 Å². The van der Waals surface area contributed by atoms with Crippen LogP contribution in [0.25, 0.3) is 0 Å². The molecule has 0 bridgehead atoms. The molecule has 8 heteroatoms. The molecular formula is C16H28N2O5S. The Hall–Kier alpha value is -1.31. The van der Waals surface area contributed by atoms with E-state index in [9.17, 15) is 18.0 Å². The summed E-state index contributed by atoms with van der Waals surface area (Å²) in [6, 6.07) is -0.361. The number of nitrogens with zero attached hydrogens (tertiary/aromatic N) is 1. The van der Waals surface area contributed by atoms with Gasteiger partial charge in [-0.25, -0.2) is 13.2 Å². The second-order valence-corrected chi connectivity index (χ2v) is 8.80. The molecule has 0 unspecified atom stereocenters. The number of carbonyl (C=O) groups excluding carboxylic acids is 2. The minimum absolute atomic E-state index is 0.0254. The van der Waals surface area contributed by atoms with Gasteiger partial charge < -0.3 is 15.0 Å². The fourth-order valence-corrected chi connectivity index (χ4v) is 5.19. The van der Waals surface area contributed by atoms with Gasteiger partial charge in [0, 0.05) is 19.0 Å². The molecule has 2 rings (SSSR count). The van der Waals surface area contributed by atoms with E-state index in [1.54, 1.807) is 6.92 Å². The van der Waals surface area contributed by atoms with E-state index in [1.807, 2.05) is 0 Å². The van der Waals surface area contributed by atoms with Crippen molar-refractivity contribution in [3.05, 3.63) is 0 Å². The standard InChI is InChI=1S/C16H28N2O5S/c1-2-23-16(20)18(14-8-11-24(21,22)12-14)10-9-17-15(19)13-6-4-3-5-7-13/h13-14H,2-12H2,1H3,(H,17,19)/t14-/m1/s1. The van der Waals surface area contributed by atoms with Crippen LogP contribution in [0.15, 0.2) is 0 Å². The molecule has 1 atom stereocenters. The van der Waals surface area contributed by atoms with Crippen molar-refractivity contribution in [3.8, 4) is 0 Å². The first-order valence-corrected chi connectivity index (χ1v) is 10.7. The van der Waals surface area contributed by atoms with Crippen molar-refractivity contribution in [1.29, 1.82) is 0 Å². The van der Waals surface area contributed by atoms with Crippen molar-refractivity contribution in [2.45, 2.75) is 51.5 Å². The summed E-state index contributed by atoms with van der Waals surface area (Å²) in [6.07, 6.45) is 5.14. The fraction of sp³-hybridized carbons (Fsp3) is 0.875. The van der Waals surface area contributed by atoms with Crippen LogP contribution in [0, 0.1) is 5.92 Å². The summed E-state index contributed by atoms with van der Waals surface area (Å²) >= 11 is 0. The first-order valence-electron chi connectivity index (χ1n) is 8.84. The molecule has 0 aromatic rings. The Morgan fingerprint density at radius 2 is 1.88 bits per heavy atom. The summed E-state index contributed by atoms with van der Waals surface area (Å²) < 4.78 is 28.4. The number of carbonyl (C=O) groups is 2. The van der Waals surface area contributed by atoms with Crippen LogP contribution in [-0.2, 0) is 19.4 Å². The Labute approximate surface area is 144 Å². The van der Waals surface area contributed by atoms with Crippen molar-refractivity contribution in [2.24, 2.45) is 5.92 Å². The molecule has 1 aliphatic carbocycles. The largest absolute Gasteiger partial charge is 0.450 e. The van der Waals surface area contributed by atoms with Crippen LogP contribution in [0.3, 0.4) is 0 Å². The van der Waals surface area contributed by atoms with E-state index in [0.717, 1.165) is 25.7 Å². The van der Waals surface area contributed by atoms with Gasteiger partial charge in [0.15, 0.2) is 9.84 Å². The van der Waals surface area contributed by atoms with Crippen molar-refractivity contribution in [2.75, 3.05) is 31.2 Å². The van der Waals surface area contributed by atoms with Crippen LogP contribution in [0.1, 0.15) is 45.4 Å². The molecule has 1 saturated heterocycles. The van der Waals surface area contributed by atoms with Crippen LogP contribution < -0.4 is 5.32 Å². The summed E-state index contributed by atoms with van der Waals surface area (Å²) in [7, 11) is -3.08. The SMILES string of the molecule is CCOC(=O)N(CCNC(=O)C1CCCCC1)[C@@H]1CCS(=O)(=O)C1. The summed E-state index contributed by atoms with van der Waals surface area (Å²) in [4.78, 5) is 25.7. The molecule has 7 nitrogen and oxygen atoms in total. The van der Waals surface area contributed by atoms with Gasteiger partial charge in [-0.1, -0.05) is 19.3 Å². The number of nitrogens with one attached hydrogen (secondary N) is 1. The van der Waals surface area contributed by atoms with Gasteiger partial charge in [-0.15, -0.1) is 0 Å². The van der Waals surface area contributed by atoms with Gasteiger partial charge in [-0.2, -0.15) is 0 Å². The fourth-order valence-electron chi connectivity index (χ4n) is 3.46. The van der Waals surface area contributed by atoms with E-state index in [0.29, 0.717) is 13.0 Å². The van der Waals surface area contributed by atoms with E-state index in [-0.39, 0.29) is 42.5 Å². The van der Waals surface area contributed by atoms with E-state index in [4.69, 9.17) is 4.74 Å². The maximum atomic E-state index is 12.2. The monoisotopic (exact) mass is 360 g/mol. The molecule has 0 spiro atoms. The van der Waals surface area contributed by atoms with Crippen molar-refractivity contribution >= 4 is 21.8 Å². The van der Waals surface area contributed by atoms with Gasteiger partial charge in [-0.3, -0.25) is 4.79 Å². The second kappa shape index (κ2) is 8.69. The van der Waals surface area contributed by atoms with Crippen LogP contribution in [0.4, 0.5) is 4.79 Å². The normalized spacial score (nSPS) is 23.6. The number of ether oxygens (including phenoxy) is 1. The van der Waals surface area contributed by atoms with E-state index in [2.05, 4.69) is 5.32 Å². The Morgan fingerprint density at radius 1 is 1.17 bits per heavy atom. The van der Waals surface area contributed by atoms with Crippen LogP contribution in [-0.4, -0.2) is 62.6 Å². The Balaban J connectivity index is 1.86. The van der Waals surface area contributed by atoms with Crippen molar-refractivity contribution in [3.63, 3.8) is 0 Å². The minimum Gasteiger partial charge on any atom is -0.450 e. The predicted molar refractivity (Wildman–Crippen MR) is 90.4 cm³/mol. The zero-order chi connectivity index (χ0) is 17.6. The number of sulfone groups is 1. The Morgan fingerprint density at radius 3 is 2.46 bits per heavy atom.